The molecule has 5 nitrogen and oxygen atoms in total. The minimum atomic E-state index is -0.572. The van der Waals surface area contributed by atoms with E-state index in [1.807, 2.05) is 24.3 Å². The molecule has 0 aliphatic carbocycles. The third-order valence-electron chi connectivity index (χ3n) is 2.95. The van der Waals surface area contributed by atoms with Crippen LogP contribution >= 0.6 is 0 Å². The molecule has 0 spiro atoms. The maximum atomic E-state index is 11.8. The zero-order valence-corrected chi connectivity index (χ0v) is 10.3. The van der Waals surface area contributed by atoms with Gasteiger partial charge in [0.2, 0.25) is 0 Å². The van der Waals surface area contributed by atoms with Gasteiger partial charge in [0.05, 0.1) is 23.6 Å². The fourth-order valence-corrected chi connectivity index (χ4v) is 2.09. The number of nitrogens with one attached hydrogen (secondary N) is 1. The first kappa shape index (κ1) is 11.5. The Bertz CT molecular complexity index is 732. The first-order chi connectivity index (χ1) is 9.15. The summed E-state index contributed by atoms with van der Waals surface area (Å²) in [7, 11) is 0. The summed E-state index contributed by atoms with van der Waals surface area (Å²) < 4.78 is 5.01. The van der Waals surface area contributed by atoms with Crippen molar-refractivity contribution in [2.24, 2.45) is 4.99 Å². The number of aryl methyl sites for hydroxylation is 1. The predicted octanol–water partition coefficient (Wildman–Crippen LogP) is 2.20. The highest BCUT2D eigenvalue weighted by atomic mass is 16.4. The predicted molar refractivity (Wildman–Crippen MR) is 72.5 cm³/mol. The smallest absolute Gasteiger partial charge is 0.348 e. The van der Waals surface area contributed by atoms with Crippen molar-refractivity contribution in [3.63, 3.8) is 0 Å². The maximum Gasteiger partial charge on any atom is 0.348 e. The van der Waals surface area contributed by atoms with Crippen LogP contribution in [0.4, 0.5) is 11.4 Å². The number of hydrogen-bond acceptors (Lipinski definition) is 5. The number of hydrogen-bond donors (Lipinski definition) is 2. The summed E-state index contributed by atoms with van der Waals surface area (Å²) in [6, 6.07) is 8.94. The number of para-hydroxylation sites is 2. The second-order valence-corrected chi connectivity index (χ2v) is 4.33. The lowest BCUT2D eigenvalue weighted by atomic mass is 10.1. The SMILES string of the molecule is Cc1cc(O)c(C2=Nc3ccccc3NC2)c(=O)o1. The molecule has 2 N–H and O–H groups in total. The Hall–Kier alpha value is -2.56. The number of nitrogens with zero attached hydrogens (tertiary/aromatic N) is 1. The average molecular weight is 256 g/mol. The van der Waals surface area contributed by atoms with Crippen LogP contribution in [-0.4, -0.2) is 17.4 Å². The van der Waals surface area contributed by atoms with Gasteiger partial charge in [-0.15, -0.1) is 0 Å². The lowest BCUT2D eigenvalue weighted by molar-refractivity contribution is 0.432. The largest absolute Gasteiger partial charge is 0.507 e. The number of aliphatic imine (C=N–C) groups is 1. The van der Waals surface area contributed by atoms with E-state index in [4.69, 9.17) is 4.42 Å². The first-order valence-corrected chi connectivity index (χ1v) is 5.90. The number of rotatable bonds is 1. The highest BCUT2D eigenvalue weighted by Crippen LogP contribution is 2.29. The van der Waals surface area contributed by atoms with E-state index in [0.717, 1.165) is 11.4 Å². The van der Waals surface area contributed by atoms with Gasteiger partial charge in [0.1, 0.15) is 17.1 Å². The Kier molecular flexibility index (Phi) is 2.59. The fraction of sp³-hybridized carbons (Fsp3) is 0.143. The van der Waals surface area contributed by atoms with E-state index >= 15 is 0 Å². The summed E-state index contributed by atoms with van der Waals surface area (Å²) >= 11 is 0. The summed E-state index contributed by atoms with van der Waals surface area (Å²) in [6.45, 7) is 1.99. The number of fused-ring (bicyclic) bond motifs is 1. The Morgan fingerprint density at radius 1 is 1.37 bits per heavy atom. The molecule has 0 atom stereocenters. The molecule has 2 aromatic rings. The molecular formula is C14H12N2O3. The molecule has 0 fully saturated rings. The van der Waals surface area contributed by atoms with E-state index in [1.54, 1.807) is 6.92 Å². The highest BCUT2D eigenvalue weighted by molar-refractivity contribution is 6.08. The van der Waals surface area contributed by atoms with Crippen molar-refractivity contribution >= 4 is 17.1 Å². The molecule has 0 saturated carbocycles. The summed E-state index contributed by atoms with van der Waals surface area (Å²) in [4.78, 5) is 16.2. The van der Waals surface area contributed by atoms with Crippen LogP contribution in [-0.2, 0) is 0 Å². The lowest BCUT2D eigenvalue weighted by Crippen LogP contribution is -2.24. The zero-order chi connectivity index (χ0) is 13.4. The molecule has 1 aliphatic rings. The van der Waals surface area contributed by atoms with E-state index in [2.05, 4.69) is 10.3 Å². The maximum absolute atomic E-state index is 11.8. The third kappa shape index (κ3) is 1.99. The Labute approximate surface area is 109 Å². The van der Waals surface area contributed by atoms with Crippen molar-refractivity contribution in [3.05, 3.63) is 52.1 Å². The van der Waals surface area contributed by atoms with Crippen LogP contribution in [0.25, 0.3) is 0 Å². The van der Waals surface area contributed by atoms with Crippen LogP contribution in [0.1, 0.15) is 11.3 Å². The van der Waals surface area contributed by atoms with E-state index < -0.39 is 5.63 Å². The molecule has 5 heteroatoms. The molecule has 1 aromatic carbocycles. The fourth-order valence-electron chi connectivity index (χ4n) is 2.09. The Morgan fingerprint density at radius 3 is 2.95 bits per heavy atom. The molecule has 96 valence electrons. The average Bonchev–Trinajstić information content (AvgIpc) is 2.37. The van der Waals surface area contributed by atoms with Crippen molar-refractivity contribution < 1.29 is 9.52 Å². The van der Waals surface area contributed by atoms with Gasteiger partial charge in [-0.05, 0) is 19.1 Å². The van der Waals surface area contributed by atoms with Crippen LogP contribution in [0.5, 0.6) is 5.75 Å². The topological polar surface area (TPSA) is 74.8 Å². The monoisotopic (exact) mass is 256 g/mol. The van der Waals surface area contributed by atoms with Crippen LogP contribution in [0.2, 0.25) is 0 Å². The van der Waals surface area contributed by atoms with Crippen molar-refractivity contribution in [1.29, 1.82) is 0 Å². The molecule has 1 aliphatic heterocycles. The molecule has 0 radical (unpaired) electrons. The second kappa shape index (κ2) is 4.28. The highest BCUT2D eigenvalue weighted by Gasteiger charge is 2.19. The third-order valence-corrected chi connectivity index (χ3v) is 2.95. The van der Waals surface area contributed by atoms with Gasteiger partial charge in [-0.1, -0.05) is 12.1 Å². The summed E-state index contributed by atoms with van der Waals surface area (Å²) in [5.74, 6) is 0.268. The number of anilines is 1. The molecule has 0 amide bonds. The summed E-state index contributed by atoms with van der Waals surface area (Å²) in [5.41, 5.74) is 1.67. The van der Waals surface area contributed by atoms with Crippen LogP contribution in [0, 0.1) is 6.92 Å². The van der Waals surface area contributed by atoms with Crippen molar-refractivity contribution in [2.75, 3.05) is 11.9 Å². The van der Waals surface area contributed by atoms with E-state index in [-0.39, 0.29) is 11.3 Å². The van der Waals surface area contributed by atoms with Gasteiger partial charge in [0.25, 0.3) is 0 Å². The van der Waals surface area contributed by atoms with Crippen molar-refractivity contribution in [2.45, 2.75) is 6.92 Å². The standard InChI is InChI=1S/C14H12N2O3/c1-8-6-12(17)13(14(18)19-8)11-7-15-9-4-2-3-5-10(9)16-11/h2-6,15,17H,7H2,1H3. The lowest BCUT2D eigenvalue weighted by Gasteiger charge is -2.17. The minimum Gasteiger partial charge on any atom is -0.507 e. The Balaban J connectivity index is 2.15. The quantitative estimate of drug-likeness (QED) is 0.820. The summed E-state index contributed by atoms with van der Waals surface area (Å²) in [5, 5.41) is 13.1. The zero-order valence-electron chi connectivity index (χ0n) is 10.3. The van der Waals surface area contributed by atoms with Crippen LogP contribution in [0.15, 0.2) is 44.5 Å². The van der Waals surface area contributed by atoms with E-state index in [9.17, 15) is 9.90 Å². The van der Waals surface area contributed by atoms with Gasteiger partial charge < -0.3 is 14.8 Å². The van der Waals surface area contributed by atoms with Gasteiger partial charge >= 0.3 is 5.63 Å². The first-order valence-electron chi connectivity index (χ1n) is 5.90. The number of aromatic hydroxyl groups is 1. The number of benzene rings is 1. The van der Waals surface area contributed by atoms with Gasteiger partial charge in [0, 0.05) is 6.07 Å². The van der Waals surface area contributed by atoms with Gasteiger partial charge in [-0.25, -0.2) is 9.79 Å². The minimum absolute atomic E-state index is 0.103. The van der Waals surface area contributed by atoms with Crippen molar-refractivity contribution in [3.8, 4) is 5.75 Å². The van der Waals surface area contributed by atoms with E-state index in [1.165, 1.54) is 6.07 Å². The van der Waals surface area contributed by atoms with Gasteiger partial charge in [-0.2, -0.15) is 0 Å². The van der Waals surface area contributed by atoms with Gasteiger partial charge in [0.15, 0.2) is 0 Å². The molecule has 19 heavy (non-hydrogen) atoms. The molecule has 0 saturated heterocycles. The summed E-state index contributed by atoms with van der Waals surface area (Å²) in [6.07, 6.45) is 0. The second-order valence-electron chi connectivity index (χ2n) is 4.33. The molecule has 0 unspecified atom stereocenters. The van der Waals surface area contributed by atoms with Crippen molar-refractivity contribution in [1.82, 2.24) is 0 Å². The van der Waals surface area contributed by atoms with Crippen LogP contribution in [0.3, 0.4) is 0 Å². The molecule has 0 bridgehead atoms. The Morgan fingerprint density at radius 2 is 2.16 bits per heavy atom. The van der Waals surface area contributed by atoms with Crippen LogP contribution < -0.4 is 10.9 Å². The molecular weight excluding hydrogens is 244 g/mol. The van der Waals surface area contributed by atoms with E-state index in [0.29, 0.717) is 18.0 Å². The molecule has 2 heterocycles. The molecule has 3 rings (SSSR count). The normalized spacial score (nSPS) is 13.4. The van der Waals surface area contributed by atoms with Gasteiger partial charge in [-0.3, -0.25) is 0 Å². The molecule has 1 aromatic heterocycles.